The smallest absolute Gasteiger partial charge is 0.315 e. The van der Waals surface area contributed by atoms with Gasteiger partial charge < -0.3 is 15.5 Å². The van der Waals surface area contributed by atoms with Crippen LogP contribution in [0.4, 0.5) is 10.5 Å². The van der Waals surface area contributed by atoms with Crippen LogP contribution in [-0.2, 0) is 16.3 Å². The molecule has 0 aromatic heterocycles. The Balaban J connectivity index is 1.64. The van der Waals surface area contributed by atoms with Crippen molar-refractivity contribution >= 4 is 50.7 Å². The molecule has 10 heteroatoms. The second-order valence-corrected chi connectivity index (χ2v) is 11.0. The van der Waals surface area contributed by atoms with Gasteiger partial charge in [-0.05, 0) is 47.9 Å². The zero-order valence-electron chi connectivity index (χ0n) is 17.7. The van der Waals surface area contributed by atoms with Gasteiger partial charge in [-0.1, -0.05) is 53.5 Å². The molecule has 2 N–H and O–H groups in total. The van der Waals surface area contributed by atoms with Crippen molar-refractivity contribution in [1.29, 1.82) is 0 Å². The number of hydrogen-bond donors (Lipinski definition) is 2. The molecule has 2 aliphatic heterocycles. The molecule has 0 saturated carbocycles. The molecule has 2 aliphatic rings. The molecule has 2 heterocycles. The molecule has 3 aromatic rings. The maximum atomic E-state index is 13.5. The van der Waals surface area contributed by atoms with Crippen molar-refractivity contribution in [2.24, 2.45) is 0 Å². The van der Waals surface area contributed by atoms with Crippen LogP contribution in [0.25, 0.3) is 11.1 Å². The van der Waals surface area contributed by atoms with E-state index in [2.05, 4.69) is 10.6 Å². The average Bonchev–Trinajstić information content (AvgIpc) is 3.44. The summed E-state index contributed by atoms with van der Waals surface area (Å²) in [6.45, 7) is 0.357. The van der Waals surface area contributed by atoms with Gasteiger partial charge >= 0.3 is 6.03 Å². The molecule has 1 saturated heterocycles. The van der Waals surface area contributed by atoms with Crippen molar-refractivity contribution in [2.75, 3.05) is 18.0 Å². The lowest BCUT2D eigenvalue weighted by atomic mass is 9.97. The van der Waals surface area contributed by atoms with Crippen molar-refractivity contribution in [1.82, 2.24) is 10.6 Å². The molecule has 1 atom stereocenters. The molecule has 5 rings (SSSR count). The monoisotopic (exact) mass is 515 g/mol. The summed E-state index contributed by atoms with van der Waals surface area (Å²) in [4.78, 5) is 26.7. The fraction of sp³-hybridized carbons (Fsp3) is 0.167. The third kappa shape index (κ3) is 3.91. The van der Waals surface area contributed by atoms with Gasteiger partial charge in [-0.15, -0.1) is 0 Å². The van der Waals surface area contributed by atoms with Gasteiger partial charge in [-0.25, -0.2) is 13.2 Å². The Kier molecular flexibility index (Phi) is 5.75. The molecule has 0 spiro atoms. The van der Waals surface area contributed by atoms with Crippen LogP contribution in [0.1, 0.15) is 15.9 Å². The zero-order chi connectivity index (χ0) is 24.0. The molecule has 1 fully saturated rings. The van der Waals surface area contributed by atoms with Crippen LogP contribution in [0.3, 0.4) is 0 Å². The summed E-state index contributed by atoms with van der Waals surface area (Å²) in [5.74, 6) is -0.273. The lowest BCUT2D eigenvalue weighted by Crippen LogP contribution is -2.35. The molecule has 3 amide bonds. The number of rotatable bonds is 4. The lowest BCUT2D eigenvalue weighted by molar-refractivity contribution is 0.0989. The summed E-state index contributed by atoms with van der Waals surface area (Å²) in [7, 11) is -3.91. The van der Waals surface area contributed by atoms with Crippen molar-refractivity contribution in [3.05, 3.63) is 81.8 Å². The number of fused-ring (bicyclic) bond motifs is 1. The molecule has 7 nitrogen and oxygen atoms in total. The second kappa shape index (κ2) is 8.61. The Bertz CT molecular complexity index is 1410. The van der Waals surface area contributed by atoms with Crippen LogP contribution in [0.15, 0.2) is 65.6 Å². The summed E-state index contributed by atoms with van der Waals surface area (Å²) in [5.41, 5.74) is 3.00. The summed E-state index contributed by atoms with van der Waals surface area (Å²) in [6.07, 6.45) is 0.470. The predicted molar refractivity (Wildman–Crippen MR) is 131 cm³/mol. The number of anilines is 1. The standard InChI is InChI=1S/C24H19Cl2N3O4S/c25-16-10-15(11-17(26)12-16)23(30)29-9-8-18-19(29)6-7-20(22(18)14-4-2-1-3-5-14)34(32,33)21-13-27-24(31)28-21/h1-7,10-12,21H,8-9,13H2,(H2,27,28,31). The Morgan fingerprint density at radius 2 is 1.71 bits per heavy atom. The van der Waals surface area contributed by atoms with Gasteiger partial charge in [0.25, 0.3) is 5.91 Å². The topological polar surface area (TPSA) is 95.6 Å². The molecule has 0 bridgehead atoms. The Morgan fingerprint density at radius 1 is 1.00 bits per heavy atom. The molecule has 0 aliphatic carbocycles. The fourth-order valence-electron chi connectivity index (χ4n) is 4.44. The number of carbonyl (C=O) groups excluding carboxylic acids is 2. The van der Waals surface area contributed by atoms with Crippen molar-refractivity contribution < 1.29 is 18.0 Å². The minimum absolute atomic E-state index is 0.0212. The molecule has 3 aromatic carbocycles. The molecule has 174 valence electrons. The first-order chi connectivity index (χ1) is 16.3. The molecule has 1 unspecified atom stereocenters. The lowest BCUT2D eigenvalue weighted by Gasteiger charge is -2.21. The Labute approximate surface area is 206 Å². The highest BCUT2D eigenvalue weighted by Gasteiger charge is 2.38. The first-order valence-corrected chi connectivity index (χ1v) is 12.8. The third-order valence-corrected chi connectivity index (χ3v) is 8.39. The molecule has 34 heavy (non-hydrogen) atoms. The van der Waals surface area contributed by atoms with Crippen LogP contribution in [0.2, 0.25) is 10.0 Å². The van der Waals surface area contributed by atoms with E-state index in [1.165, 1.54) is 6.07 Å². The number of benzene rings is 3. The van der Waals surface area contributed by atoms with E-state index in [-0.39, 0.29) is 17.3 Å². The summed E-state index contributed by atoms with van der Waals surface area (Å²) >= 11 is 12.2. The van der Waals surface area contributed by atoms with E-state index in [1.54, 1.807) is 29.2 Å². The van der Waals surface area contributed by atoms with Crippen LogP contribution in [0.5, 0.6) is 0 Å². The van der Waals surface area contributed by atoms with Crippen molar-refractivity contribution in [2.45, 2.75) is 16.7 Å². The third-order valence-electron chi connectivity index (χ3n) is 5.96. The molecular weight excluding hydrogens is 497 g/mol. The predicted octanol–water partition coefficient (Wildman–Crippen LogP) is 4.28. The van der Waals surface area contributed by atoms with Gasteiger partial charge in [0.1, 0.15) is 0 Å². The van der Waals surface area contributed by atoms with Gasteiger partial charge in [0.05, 0.1) is 11.4 Å². The number of urea groups is 1. The second-order valence-electron chi connectivity index (χ2n) is 8.06. The maximum Gasteiger partial charge on any atom is 0.315 e. The van der Waals surface area contributed by atoms with Gasteiger partial charge in [0.2, 0.25) is 9.84 Å². The maximum absolute atomic E-state index is 13.5. The number of nitrogens with zero attached hydrogens (tertiary/aromatic N) is 1. The van der Waals surface area contributed by atoms with Crippen molar-refractivity contribution in [3.8, 4) is 11.1 Å². The highest BCUT2D eigenvalue weighted by molar-refractivity contribution is 7.92. The number of hydrogen-bond acceptors (Lipinski definition) is 4. The number of sulfone groups is 1. The van der Waals surface area contributed by atoms with Crippen molar-refractivity contribution in [3.63, 3.8) is 0 Å². The number of halogens is 2. The largest absolute Gasteiger partial charge is 0.335 e. The van der Waals surface area contributed by atoms with E-state index in [4.69, 9.17) is 23.2 Å². The van der Waals surface area contributed by atoms with Gasteiger partial charge in [-0.2, -0.15) is 0 Å². The SMILES string of the molecule is O=C1NCC(S(=O)(=O)c2ccc3c(c2-c2ccccc2)CCN3C(=O)c2cc(Cl)cc(Cl)c2)N1. The van der Waals surface area contributed by atoms with E-state index in [0.29, 0.717) is 39.8 Å². The zero-order valence-corrected chi connectivity index (χ0v) is 20.0. The Morgan fingerprint density at radius 3 is 2.35 bits per heavy atom. The number of carbonyl (C=O) groups is 2. The van der Waals surface area contributed by atoms with Gasteiger partial charge in [0, 0.05) is 33.4 Å². The van der Waals surface area contributed by atoms with E-state index in [0.717, 1.165) is 11.1 Å². The van der Waals surface area contributed by atoms with E-state index in [1.807, 2.05) is 30.3 Å². The Hall–Kier alpha value is -3.07. The number of nitrogens with one attached hydrogen (secondary N) is 2. The van der Waals surface area contributed by atoms with Crippen LogP contribution in [0, 0.1) is 0 Å². The summed E-state index contributed by atoms with van der Waals surface area (Å²) in [6, 6.07) is 16.5. The first-order valence-electron chi connectivity index (χ1n) is 10.5. The highest BCUT2D eigenvalue weighted by atomic mass is 35.5. The van der Waals surface area contributed by atoms with Gasteiger partial charge in [0.15, 0.2) is 5.37 Å². The fourth-order valence-corrected chi connectivity index (χ4v) is 6.62. The summed E-state index contributed by atoms with van der Waals surface area (Å²) < 4.78 is 27.0. The molecular formula is C24H19Cl2N3O4S. The van der Waals surface area contributed by atoms with E-state index < -0.39 is 21.2 Å². The van der Waals surface area contributed by atoms with E-state index >= 15 is 0 Å². The molecule has 0 radical (unpaired) electrons. The van der Waals surface area contributed by atoms with Crippen LogP contribution >= 0.6 is 23.2 Å². The first kappa shape index (κ1) is 22.7. The van der Waals surface area contributed by atoms with Gasteiger partial charge in [-0.3, -0.25) is 4.79 Å². The van der Waals surface area contributed by atoms with E-state index in [9.17, 15) is 18.0 Å². The minimum Gasteiger partial charge on any atom is -0.335 e. The minimum atomic E-state index is -3.91. The quantitative estimate of drug-likeness (QED) is 0.542. The van der Waals surface area contributed by atoms with Crippen LogP contribution < -0.4 is 15.5 Å². The average molecular weight is 516 g/mol. The van der Waals surface area contributed by atoms with Crippen LogP contribution in [-0.4, -0.2) is 38.8 Å². The highest BCUT2D eigenvalue weighted by Crippen LogP contribution is 2.42. The normalized spacial score (nSPS) is 17.3. The number of amides is 3. The summed E-state index contributed by atoms with van der Waals surface area (Å²) in [5, 5.41) is 4.61.